The SMILES string of the molecule is CC(C)c1c(S(=O)(=O)N2CCC(Cc3ccccc3)CC2)c(-c2ccc3ccccc3c2)c(-c2ccc(F)cc2)n1CC[C@@H](O)C[C@@H](O)CC(=O)O. The van der Waals surface area contributed by atoms with Crippen LogP contribution in [0.1, 0.15) is 63.1 Å². The van der Waals surface area contributed by atoms with Crippen LogP contribution in [0.4, 0.5) is 4.39 Å². The third kappa shape index (κ3) is 8.31. The first-order chi connectivity index (χ1) is 24.9. The molecule has 2 atom stereocenters. The molecule has 0 saturated carbocycles. The van der Waals surface area contributed by atoms with Gasteiger partial charge in [-0.2, -0.15) is 4.31 Å². The van der Waals surface area contributed by atoms with Crippen molar-refractivity contribution in [3.8, 4) is 22.4 Å². The number of aliphatic carboxylic acids is 1. The lowest BCUT2D eigenvalue weighted by Crippen LogP contribution is -2.39. The van der Waals surface area contributed by atoms with Gasteiger partial charge in [-0.1, -0.05) is 80.6 Å². The van der Waals surface area contributed by atoms with Crippen LogP contribution in [0.3, 0.4) is 0 Å². The van der Waals surface area contributed by atoms with Crippen LogP contribution in [0.25, 0.3) is 33.2 Å². The molecule has 0 spiro atoms. The van der Waals surface area contributed by atoms with E-state index in [1.165, 1.54) is 17.7 Å². The molecule has 1 aliphatic rings. The Kier molecular flexibility index (Phi) is 11.6. The fourth-order valence-electron chi connectivity index (χ4n) is 7.63. The summed E-state index contributed by atoms with van der Waals surface area (Å²) in [5.74, 6) is -1.50. The van der Waals surface area contributed by atoms with Gasteiger partial charge in [-0.3, -0.25) is 4.79 Å². The zero-order valence-electron chi connectivity index (χ0n) is 29.7. The van der Waals surface area contributed by atoms with E-state index in [0.717, 1.165) is 30.0 Å². The van der Waals surface area contributed by atoms with Gasteiger partial charge in [0.25, 0.3) is 0 Å². The molecule has 52 heavy (non-hydrogen) atoms. The van der Waals surface area contributed by atoms with Gasteiger partial charge in [0, 0.05) is 30.9 Å². The molecular formula is C42H47FN2O6S. The number of aromatic nitrogens is 1. The molecule has 0 aliphatic carbocycles. The van der Waals surface area contributed by atoms with Gasteiger partial charge in [0.2, 0.25) is 10.0 Å². The van der Waals surface area contributed by atoms with Gasteiger partial charge in [0.05, 0.1) is 24.3 Å². The summed E-state index contributed by atoms with van der Waals surface area (Å²) in [6, 6.07) is 30.1. The molecule has 8 nitrogen and oxygen atoms in total. The first-order valence-corrected chi connectivity index (χ1v) is 19.5. The van der Waals surface area contributed by atoms with E-state index in [2.05, 4.69) is 12.1 Å². The van der Waals surface area contributed by atoms with Crippen molar-refractivity contribution in [2.24, 2.45) is 5.92 Å². The molecule has 274 valence electrons. The predicted molar refractivity (Wildman–Crippen MR) is 202 cm³/mol. The molecule has 6 rings (SSSR count). The van der Waals surface area contributed by atoms with E-state index >= 15 is 8.42 Å². The van der Waals surface area contributed by atoms with Crippen LogP contribution in [-0.2, 0) is 27.8 Å². The molecule has 1 aliphatic heterocycles. The van der Waals surface area contributed by atoms with Crippen LogP contribution in [0, 0.1) is 11.7 Å². The first-order valence-electron chi connectivity index (χ1n) is 18.1. The number of fused-ring (bicyclic) bond motifs is 1. The maximum atomic E-state index is 15.2. The predicted octanol–water partition coefficient (Wildman–Crippen LogP) is 7.86. The molecule has 0 bridgehead atoms. The van der Waals surface area contributed by atoms with Crippen molar-refractivity contribution >= 4 is 26.8 Å². The second kappa shape index (κ2) is 16.1. The van der Waals surface area contributed by atoms with Gasteiger partial charge in [0.15, 0.2) is 0 Å². The topological polar surface area (TPSA) is 120 Å². The van der Waals surface area contributed by atoms with Crippen molar-refractivity contribution < 1.29 is 32.9 Å². The highest BCUT2D eigenvalue weighted by Crippen LogP contribution is 2.46. The average molecular weight is 727 g/mol. The van der Waals surface area contributed by atoms with E-state index in [4.69, 9.17) is 5.11 Å². The molecule has 0 amide bonds. The summed E-state index contributed by atoms with van der Waals surface area (Å²) in [6.45, 7) is 4.83. The minimum atomic E-state index is -4.08. The summed E-state index contributed by atoms with van der Waals surface area (Å²) in [7, 11) is -4.08. The highest BCUT2D eigenvalue weighted by Gasteiger charge is 2.39. The molecular weight excluding hydrogens is 680 g/mol. The second-order valence-corrected chi connectivity index (χ2v) is 16.2. The lowest BCUT2D eigenvalue weighted by Gasteiger charge is -2.32. The van der Waals surface area contributed by atoms with E-state index in [9.17, 15) is 19.4 Å². The van der Waals surface area contributed by atoms with Crippen molar-refractivity contribution in [1.29, 1.82) is 0 Å². The minimum Gasteiger partial charge on any atom is -0.481 e. The lowest BCUT2D eigenvalue weighted by molar-refractivity contribution is -0.139. The van der Waals surface area contributed by atoms with Crippen LogP contribution < -0.4 is 0 Å². The average Bonchev–Trinajstić information content (AvgIpc) is 3.47. The number of aliphatic hydroxyl groups excluding tert-OH is 2. The Balaban J connectivity index is 1.49. The van der Waals surface area contributed by atoms with Gasteiger partial charge in [-0.15, -0.1) is 0 Å². The number of halogens is 1. The third-order valence-corrected chi connectivity index (χ3v) is 12.1. The van der Waals surface area contributed by atoms with Crippen molar-refractivity contribution in [3.05, 3.63) is 114 Å². The highest BCUT2D eigenvalue weighted by atomic mass is 32.2. The smallest absolute Gasteiger partial charge is 0.305 e. The fourth-order valence-corrected chi connectivity index (χ4v) is 9.66. The van der Waals surface area contributed by atoms with Crippen molar-refractivity contribution in [1.82, 2.24) is 8.87 Å². The molecule has 0 radical (unpaired) electrons. The van der Waals surface area contributed by atoms with Gasteiger partial charge in [-0.05, 0) is 102 Å². The van der Waals surface area contributed by atoms with Crippen molar-refractivity contribution in [2.45, 2.75) is 81.9 Å². The maximum absolute atomic E-state index is 15.2. The summed E-state index contributed by atoms with van der Waals surface area (Å²) in [6.07, 6.45) is -0.437. The van der Waals surface area contributed by atoms with E-state index in [-0.39, 0.29) is 30.2 Å². The van der Waals surface area contributed by atoms with Gasteiger partial charge in [0.1, 0.15) is 10.7 Å². The number of aliphatic hydroxyl groups is 2. The van der Waals surface area contributed by atoms with Crippen LogP contribution in [0.15, 0.2) is 102 Å². The van der Waals surface area contributed by atoms with E-state index in [0.29, 0.717) is 47.1 Å². The summed E-state index contributed by atoms with van der Waals surface area (Å²) < 4.78 is 48.3. The van der Waals surface area contributed by atoms with Crippen LogP contribution in [0.2, 0.25) is 0 Å². The summed E-state index contributed by atoms with van der Waals surface area (Å²) >= 11 is 0. The lowest BCUT2D eigenvalue weighted by atomic mass is 9.91. The molecule has 1 saturated heterocycles. The molecule has 1 aromatic heterocycles. The summed E-state index contributed by atoms with van der Waals surface area (Å²) in [4.78, 5) is 11.4. The number of hydrogen-bond donors (Lipinski definition) is 3. The molecule has 10 heteroatoms. The number of piperidine rings is 1. The Labute approximate surface area is 305 Å². The third-order valence-electron chi connectivity index (χ3n) is 10.1. The van der Waals surface area contributed by atoms with E-state index in [1.807, 2.05) is 79.1 Å². The van der Waals surface area contributed by atoms with E-state index < -0.39 is 40.4 Å². The number of carbonyl (C=O) groups is 1. The van der Waals surface area contributed by atoms with Crippen LogP contribution in [0.5, 0.6) is 0 Å². The largest absolute Gasteiger partial charge is 0.481 e. The molecule has 5 aromatic rings. The Morgan fingerprint density at radius 2 is 1.48 bits per heavy atom. The Hall–Kier alpha value is -4.35. The monoisotopic (exact) mass is 726 g/mol. The normalized spacial score (nSPS) is 15.7. The standard InChI is InChI=1S/C42H47FN2O6S/c1-28(2)40-42(52(50,51)44-21-18-30(19-22-44)24-29-8-4-3-5-9-29)39(34-13-12-31-10-6-7-11-33(31)25-34)41(32-14-16-35(43)17-15-32)45(40)23-20-36(46)26-37(47)27-38(48)49/h3-17,25,28,30,36-37,46-47H,18-24,26-27H2,1-2H3,(H,48,49)/t36-,37-/m1/s1. The molecule has 0 unspecified atom stereocenters. The Morgan fingerprint density at radius 3 is 2.13 bits per heavy atom. The molecule has 1 fully saturated rings. The number of rotatable bonds is 14. The Bertz CT molecular complexity index is 2110. The van der Waals surface area contributed by atoms with Crippen molar-refractivity contribution in [3.63, 3.8) is 0 Å². The minimum absolute atomic E-state index is 0.126. The number of carboxylic acid groups (broad SMARTS) is 1. The zero-order valence-corrected chi connectivity index (χ0v) is 30.5. The summed E-state index contributed by atoms with van der Waals surface area (Å²) in [5.41, 5.74) is 4.25. The first kappa shape index (κ1) is 37.4. The molecule has 4 aromatic carbocycles. The van der Waals surface area contributed by atoms with Gasteiger partial charge >= 0.3 is 5.97 Å². The fraction of sp³-hybridized carbons (Fsp3) is 0.357. The maximum Gasteiger partial charge on any atom is 0.305 e. The number of sulfonamides is 1. The number of benzene rings is 4. The van der Waals surface area contributed by atoms with Crippen LogP contribution >= 0.6 is 0 Å². The quantitative estimate of drug-likeness (QED) is 0.107. The van der Waals surface area contributed by atoms with Crippen molar-refractivity contribution in [2.75, 3.05) is 13.1 Å². The number of hydrogen-bond acceptors (Lipinski definition) is 5. The van der Waals surface area contributed by atoms with Gasteiger partial charge < -0.3 is 19.9 Å². The second-order valence-electron chi connectivity index (χ2n) is 14.3. The molecule has 2 heterocycles. The number of nitrogens with zero attached hydrogens (tertiary/aromatic N) is 2. The van der Waals surface area contributed by atoms with Crippen LogP contribution in [-0.4, -0.2) is 63.9 Å². The number of carboxylic acids is 1. The molecule has 3 N–H and O–H groups in total. The van der Waals surface area contributed by atoms with E-state index in [1.54, 1.807) is 16.4 Å². The summed E-state index contributed by atoms with van der Waals surface area (Å²) in [5, 5.41) is 32.3. The van der Waals surface area contributed by atoms with Gasteiger partial charge in [-0.25, -0.2) is 12.8 Å². The zero-order chi connectivity index (χ0) is 37.0. The Morgan fingerprint density at radius 1 is 0.846 bits per heavy atom. The highest BCUT2D eigenvalue weighted by molar-refractivity contribution is 7.89.